The van der Waals surface area contributed by atoms with E-state index in [0.29, 0.717) is 22.0 Å². The first-order chi connectivity index (χ1) is 9.63. The number of carbonyl (C=O) groups is 1. The average molecular weight is 287 g/mol. The molecule has 3 N–H and O–H groups in total. The zero-order valence-corrected chi connectivity index (χ0v) is 11.7. The fraction of sp³-hybridized carbons (Fsp3) is 0.188. The van der Waals surface area contributed by atoms with Crippen molar-refractivity contribution in [3.63, 3.8) is 0 Å². The molecule has 102 valence electrons. The molecule has 0 aliphatic heterocycles. The highest BCUT2D eigenvalue weighted by molar-refractivity contribution is 6.33. The molecule has 0 aromatic heterocycles. The van der Waals surface area contributed by atoms with Gasteiger partial charge in [0, 0.05) is 11.3 Å². The average Bonchev–Trinajstić information content (AvgIpc) is 2.90. The van der Waals surface area contributed by atoms with Crippen molar-refractivity contribution in [2.75, 3.05) is 11.1 Å². The van der Waals surface area contributed by atoms with Gasteiger partial charge in [0.25, 0.3) is 5.91 Å². The summed E-state index contributed by atoms with van der Waals surface area (Å²) in [4.78, 5) is 12.2. The number of rotatable bonds is 2. The van der Waals surface area contributed by atoms with Gasteiger partial charge in [0.05, 0.1) is 10.7 Å². The Kier molecular flexibility index (Phi) is 3.36. The molecule has 2 aromatic carbocycles. The van der Waals surface area contributed by atoms with Gasteiger partial charge in [0.1, 0.15) is 0 Å². The van der Waals surface area contributed by atoms with E-state index in [1.807, 2.05) is 18.2 Å². The van der Waals surface area contributed by atoms with E-state index in [2.05, 4.69) is 5.32 Å². The van der Waals surface area contributed by atoms with Gasteiger partial charge in [0.2, 0.25) is 0 Å². The number of fused-ring (bicyclic) bond motifs is 1. The molecule has 0 atom stereocenters. The molecule has 1 aliphatic carbocycles. The maximum Gasteiger partial charge on any atom is 0.255 e. The minimum absolute atomic E-state index is 0.124. The lowest BCUT2D eigenvalue weighted by molar-refractivity contribution is 0.102. The molecule has 3 nitrogen and oxygen atoms in total. The quantitative estimate of drug-likeness (QED) is 0.828. The molecule has 20 heavy (non-hydrogen) atoms. The van der Waals surface area contributed by atoms with Crippen LogP contribution in [0.3, 0.4) is 0 Å². The Balaban J connectivity index is 1.80. The highest BCUT2D eigenvalue weighted by Gasteiger charge is 2.14. The van der Waals surface area contributed by atoms with Gasteiger partial charge in [-0.1, -0.05) is 17.7 Å². The van der Waals surface area contributed by atoms with E-state index in [1.54, 1.807) is 18.2 Å². The van der Waals surface area contributed by atoms with Crippen LogP contribution in [0.15, 0.2) is 36.4 Å². The van der Waals surface area contributed by atoms with E-state index >= 15 is 0 Å². The number of nitrogens with two attached hydrogens (primary N) is 1. The van der Waals surface area contributed by atoms with E-state index in [9.17, 15) is 4.79 Å². The van der Waals surface area contributed by atoms with Crippen molar-refractivity contribution >= 4 is 28.9 Å². The lowest BCUT2D eigenvalue weighted by atomic mass is 10.1. The molecule has 3 rings (SSSR count). The summed E-state index contributed by atoms with van der Waals surface area (Å²) in [6, 6.07) is 11.0. The second-order valence-corrected chi connectivity index (χ2v) is 5.43. The number of anilines is 2. The molecule has 0 radical (unpaired) electrons. The molecule has 2 aromatic rings. The largest absolute Gasteiger partial charge is 0.397 e. The number of nitrogen functional groups attached to an aromatic ring is 1. The first-order valence-corrected chi connectivity index (χ1v) is 6.99. The van der Waals surface area contributed by atoms with Gasteiger partial charge in [-0.15, -0.1) is 0 Å². The van der Waals surface area contributed by atoms with Crippen LogP contribution in [0, 0.1) is 0 Å². The van der Waals surface area contributed by atoms with Crippen LogP contribution in [0.2, 0.25) is 5.02 Å². The van der Waals surface area contributed by atoms with Crippen LogP contribution in [-0.2, 0) is 12.8 Å². The number of amides is 1. The third-order valence-corrected chi connectivity index (χ3v) is 3.96. The summed E-state index contributed by atoms with van der Waals surface area (Å²) in [7, 11) is 0. The fourth-order valence-electron chi connectivity index (χ4n) is 2.54. The Bertz CT molecular complexity index is 682. The molecule has 0 unspecified atom stereocenters. The SMILES string of the molecule is Nc1cc(NC(=O)c2ccc3c(c2)CCC3)ccc1Cl. The number of aryl methyl sites for hydroxylation is 2. The minimum atomic E-state index is -0.124. The van der Waals surface area contributed by atoms with Crippen molar-refractivity contribution in [1.82, 2.24) is 0 Å². The minimum Gasteiger partial charge on any atom is -0.397 e. The predicted octanol–water partition coefficient (Wildman–Crippen LogP) is 3.66. The predicted molar refractivity (Wildman–Crippen MR) is 82.3 cm³/mol. The summed E-state index contributed by atoms with van der Waals surface area (Å²) in [6.07, 6.45) is 3.35. The van der Waals surface area contributed by atoms with E-state index in [1.165, 1.54) is 17.5 Å². The monoisotopic (exact) mass is 286 g/mol. The van der Waals surface area contributed by atoms with Crippen molar-refractivity contribution < 1.29 is 4.79 Å². The van der Waals surface area contributed by atoms with Gasteiger partial charge >= 0.3 is 0 Å². The number of carbonyl (C=O) groups excluding carboxylic acids is 1. The van der Waals surface area contributed by atoms with Crippen LogP contribution >= 0.6 is 11.6 Å². The van der Waals surface area contributed by atoms with Crippen LogP contribution in [-0.4, -0.2) is 5.91 Å². The number of benzene rings is 2. The topological polar surface area (TPSA) is 55.1 Å². The van der Waals surface area contributed by atoms with Crippen LogP contribution in [0.25, 0.3) is 0 Å². The van der Waals surface area contributed by atoms with Crippen molar-refractivity contribution in [1.29, 1.82) is 0 Å². The third-order valence-electron chi connectivity index (χ3n) is 3.61. The van der Waals surface area contributed by atoms with Gasteiger partial charge in [0.15, 0.2) is 0 Å². The summed E-state index contributed by atoms with van der Waals surface area (Å²) in [5.41, 5.74) is 10.2. The summed E-state index contributed by atoms with van der Waals surface area (Å²) in [6.45, 7) is 0. The first-order valence-electron chi connectivity index (χ1n) is 6.61. The molecule has 0 spiro atoms. The Morgan fingerprint density at radius 2 is 1.90 bits per heavy atom. The number of nitrogens with one attached hydrogen (secondary N) is 1. The number of halogens is 1. The van der Waals surface area contributed by atoms with E-state index in [-0.39, 0.29) is 5.91 Å². The van der Waals surface area contributed by atoms with Gasteiger partial charge in [-0.05, 0) is 60.7 Å². The van der Waals surface area contributed by atoms with Crippen molar-refractivity contribution in [3.05, 3.63) is 58.1 Å². The Morgan fingerprint density at radius 1 is 1.10 bits per heavy atom. The molecular weight excluding hydrogens is 272 g/mol. The molecule has 1 aliphatic rings. The summed E-state index contributed by atoms with van der Waals surface area (Å²) >= 11 is 5.86. The number of hydrogen-bond acceptors (Lipinski definition) is 2. The Labute approximate surface area is 122 Å². The van der Waals surface area contributed by atoms with Crippen LogP contribution in [0.5, 0.6) is 0 Å². The standard InChI is InChI=1S/C16H15ClN2O/c17-14-7-6-13(9-15(14)18)19-16(20)12-5-4-10-2-1-3-11(10)8-12/h4-9H,1-3,18H2,(H,19,20). The Hall–Kier alpha value is -2.00. The third kappa shape index (κ3) is 2.49. The van der Waals surface area contributed by atoms with E-state index in [4.69, 9.17) is 17.3 Å². The van der Waals surface area contributed by atoms with E-state index in [0.717, 1.165) is 12.8 Å². The first kappa shape index (κ1) is 13.0. The maximum atomic E-state index is 12.2. The Morgan fingerprint density at radius 3 is 2.70 bits per heavy atom. The van der Waals surface area contributed by atoms with Gasteiger partial charge in [-0.25, -0.2) is 0 Å². The van der Waals surface area contributed by atoms with Gasteiger partial charge < -0.3 is 11.1 Å². The zero-order chi connectivity index (χ0) is 14.1. The van der Waals surface area contributed by atoms with E-state index < -0.39 is 0 Å². The number of hydrogen-bond donors (Lipinski definition) is 2. The molecule has 0 heterocycles. The van der Waals surface area contributed by atoms with Crippen LogP contribution in [0.1, 0.15) is 27.9 Å². The second kappa shape index (κ2) is 5.17. The van der Waals surface area contributed by atoms with Crippen molar-refractivity contribution in [2.45, 2.75) is 19.3 Å². The normalized spacial score (nSPS) is 13.1. The molecule has 1 amide bonds. The summed E-state index contributed by atoms with van der Waals surface area (Å²) in [5, 5.41) is 3.33. The van der Waals surface area contributed by atoms with Crippen molar-refractivity contribution in [2.24, 2.45) is 0 Å². The van der Waals surface area contributed by atoms with Crippen LogP contribution in [0.4, 0.5) is 11.4 Å². The molecular formula is C16H15ClN2O. The molecule has 0 saturated carbocycles. The highest BCUT2D eigenvalue weighted by Crippen LogP contribution is 2.25. The van der Waals surface area contributed by atoms with Crippen LogP contribution < -0.4 is 11.1 Å². The van der Waals surface area contributed by atoms with Gasteiger partial charge in [-0.2, -0.15) is 0 Å². The lowest BCUT2D eigenvalue weighted by Gasteiger charge is -2.08. The molecule has 0 saturated heterocycles. The molecule has 4 heteroatoms. The smallest absolute Gasteiger partial charge is 0.255 e. The van der Waals surface area contributed by atoms with Crippen molar-refractivity contribution in [3.8, 4) is 0 Å². The second-order valence-electron chi connectivity index (χ2n) is 5.03. The molecule has 0 fully saturated rings. The van der Waals surface area contributed by atoms with Gasteiger partial charge in [-0.3, -0.25) is 4.79 Å². The highest BCUT2D eigenvalue weighted by atomic mass is 35.5. The fourth-order valence-corrected chi connectivity index (χ4v) is 2.66. The zero-order valence-electron chi connectivity index (χ0n) is 10.9. The summed E-state index contributed by atoms with van der Waals surface area (Å²) < 4.78 is 0. The molecule has 0 bridgehead atoms. The summed E-state index contributed by atoms with van der Waals surface area (Å²) in [5.74, 6) is -0.124. The maximum absolute atomic E-state index is 12.2. The lowest BCUT2D eigenvalue weighted by Crippen LogP contribution is -2.12.